The van der Waals surface area contributed by atoms with Gasteiger partial charge in [-0.3, -0.25) is 9.36 Å². The maximum Gasteiger partial charge on any atom is 0.238 e. The Hall–Kier alpha value is -3.13. The van der Waals surface area contributed by atoms with Crippen LogP contribution >= 0.6 is 11.3 Å². The van der Waals surface area contributed by atoms with E-state index in [0.29, 0.717) is 51.6 Å². The van der Waals surface area contributed by atoms with Crippen LogP contribution in [-0.2, 0) is 26.1 Å². The smallest absolute Gasteiger partial charge is 0.238 e. The molecule has 13 heteroatoms. The molecule has 0 unspecified atom stereocenters. The van der Waals surface area contributed by atoms with E-state index in [9.17, 15) is 13.2 Å². The van der Waals surface area contributed by atoms with Crippen molar-refractivity contribution in [3.63, 3.8) is 0 Å². The monoisotopic (exact) mass is 567 g/mol. The number of amides is 1. The van der Waals surface area contributed by atoms with E-state index in [1.807, 2.05) is 41.8 Å². The van der Waals surface area contributed by atoms with Crippen LogP contribution in [0.4, 0.5) is 5.82 Å². The Morgan fingerprint density at radius 1 is 1.03 bits per heavy atom. The van der Waals surface area contributed by atoms with Gasteiger partial charge in [0, 0.05) is 31.1 Å². The lowest BCUT2D eigenvalue weighted by molar-refractivity contribution is -0.134. The number of imidazole rings is 1. The van der Waals surface area contributed by atoms with E-state index < -0.39 is 10.0 Å². The molecule has 3 aliphatic rings. The Morgan fingerprint density at radius 3 is 2.59 bits per heavy atom. The summed E-state index contributed by atoms with van der Waals surface area (Å²) in [7, 11) is -3.36. The number of fused-ring (bicyclic) bond motifs is 2. The van der Waals surface area contributed by atoms with E-state index in [0.717, 1.165) is 50.9 Å². The number of hydrogen-bond acceptors (Lipinski definition) is 9. The van der Waals surface area contributed by atoms with Crippen molar-refractivity contribution in [2.75, 3.05) is 50.8 Å². The first-order valence-corrected chi connectivity index (χ1v) is 15.5. The Bertz CT molecular complexity index is 1690. The average Bonchev–Trinajstić information content (AvgIpc) is 3.64. The van der Waals surface area contributed by atoms with E-state index in [1.165, 1.54) is 4.31 Å². The van der Waals surface area contributed by atoms with E-state index in [2.05, 4.69) is 4.90 Å². The highest BCUT2D eigenvalue weighted by Crippen LogP contribution is 2.35. The molecule has 0 radical (unpaired) electrons. The molecule has 0 spiro atoms. The standard InChI is InChI=1S/C26H29N7O4S2/c1-17-27-20-4-2-3-5-22(20)33(17)26-28-21-14-18(38-24(21)25(29-26)30-10-12-37-13-11-30)15-31-8-9-32(16-23(31)34)39(35,36)19-6-7-19/h2-5,14,19H,6-13,15-16H2,1H3. The van der Waals surface area contributed by atoms with Gasteiger partial charge < -0.3 is 14.5 Å². The normalized spacial score (nSPS) is 19.5. The van der Waals surface area contributed by atoms with Crippen molar-refractivity contribution in [1.82, 2.24) is 28.7 Å². The molecule has 3 fully saturated rings. The Kier molecular flexibility index (Phi) is 6.06. The lowest BCUT2D eigenvalue weighted by Gasteiger charge is -2.33. The topological polar surface area (TPSA) is 114 Å². The first kappa shape index (κ1) is 24.9. The van der Waals surface area contributed by atoms with Gasteiger partial charge in [0.15, 0.2) is 5.82 Å². The van der Waals surface area contributed by atoms with Gasteiger partial charge in [0.25, 0.3) is 0 Å². The van der Waals surface area contributed by atoms with Crippen molar-refractivity contribution in [3.8, 4) is 5.95 Å². The molecular weight excluding hydrogens is 538 g/mol. The number of anilines is 1. The zero-order valence-corrected chi connectivity index (χ0v) is 23.2. The number of thiophene rings is 1. The second-order valence-electron chi connectivity index (χ2n) is 10.3. The van der Waals surface area contributed by atoms with Crippen molar-refractivity contribution >= 4 is 54.3 Å². The molecule has 2 saturated heterocycles. The molecule has 11 nitrogen and oxygen atoms in total. The molecule has 7 rings (SSSR count). The molecule has 2 aliphatic heterocycles. The Balaban J connectivity index is 1.23. The van der Waals surface area contributed by atoms with Crippen molar-refractivity contribution < 1.29 is 17.9 Å². The van der Waals surface area contributed by atoms with Gasteiger partial charge in [0.1, 0.15) is 5.82 Å². The number of benzene rings is 1. The number of ether oxygens (including phenoxy) is 1. The van der Waals surface area contributed by atoms with Crippen molar-refractivity contribution in [2.24, 2.45) is 0 Å². The summed E-state index contributed by atoms with van der Waals surface area (Å²) in [5.74, 6) is 2.07. The van der Waals surface area contributed by atoms with Gasteiger partial charge in [-0.15, -0.1) is 11.3 Å². The third-order valence-corrected chi connectivity index (χ3v) is 11.0. The highest BCUT2D eigenvalue weighted by atomic mass is 32.2. The fourth-order valence-electron chi connectivity index (χ4n) is 5.35. The highest BCUT2D eigenvalue weighted by molar-refractivity contribution is 7.90. The van der Waals surface area contributed by atoms with Crippen LogP contribution in [0.25, 0.3) is 27.2 Å². The molecule has 5 heterocycles. The number of nitrogens with zero attached hydrogens (tertiary/aromatic N) is 7. The number of aryl methyl sites for hydroxylation is 1. The number of piperazine rings is 1. The molecular formula is C26H29N7O4S2. The maximum atomic E-state index is 13.0. The maximum absolute atomic E-state index is 13.0. The van der Waals surface area contributed by atoms with Crippen LogP contribution in [0.3, 0.4) is 0 Å². The largest absolute Gasteiger partial charge is 0.378 e. The van der Waals surface area contributed by atoms with Gasteiger partial charge in [0.2, 0.25) is 21.9 Å². The van der Waals surface area contributed by atoms with Gasteiger partial charge in [0.05, 0.1) is 52.8 Å². The molecule has 0 N–H and O–H groups in total. The number of para-hydroxylation sites is 2. The van der Waals surface area contributed by atoms with Gasteiger partial charge in [-0.1, -0.05) is 12.1 Å². The number of hydrogen-bond donors (Lipinski definition) is 0. The number of sulfonamides is 1. The molecule has 1 aliphatic carbocycles. The summed E-state index contributed by atoms with van der Waals surface area (Å²) < 4.78 is 35.2. The lowest BCUT2D eigenvalue weighted by atomic mass is 10.3. The molecule has 0 atom stereocenters. The first-order valence-electron chi connectivity index (χ1n) is 13.2. The van der Waals surface area contributed by atoms with Crippen molar-refractivity contribution in [2.45, 2.75) is 31.6 Å². The second-order valence-corrected chi connectivity index (χ2v) is 13.6. The quantitative estimate of drug-likeness (QED) is 0.349. The van der Waals surface area contributed by atoms with E-state index >= 15 is 0 Å². The number of morpholine rings is 1. The van der Waals surface area contributed by atoms with Gasteiger partial charge >= 0.3 is 0 Å². The lowest BCUT2D eigenvalue weighted by Crippen LogP contribution is -2.52. The molecule has 1 saturated carbocycles. The summed E-state index contributed by atoms with van der Waals surface area (Å²) in [5, 5.41) is -0.304. The Morgan fingerprint density at radius 2 is 1.82 bits per heavy atom. The minimum absolute atomic E-state index is 0.0836. The summed E-state index contributed by atoms with van der Waals surface area (Å²) in [5.41, 5.74) is 2.65. The third kappa shape index (κ3) is 4.46. The summed E-state index contributed by atoms with van der Waals surface area (Å²) in [6, 6.07) is 9.98. The molecule has 1 amide bonds. The minimum atomic E-state index is -3.36. The second kappa shape index (κ2) is 9.51. The molecule has 0 bridgehead atoms. The van der Waals surface area contributed by atoms with Crippen LogP contribution in [0, 0.1) is 6.92 Å². The fraction of sp³-hybridized carbons (Fsp3) is 0.462. The van der Waals surface area contributed by atoms with Crippen LogP contribution in [-0.4, -0.2) is 94.2 Å². The average molecular weight is 568 g/mol. The Labute approximate surface area is 230 Å². The van der Waals surface area contributed by atoms with Crippen LogP contribution in [0.2, 0.25) is 0 Å². The van der Waals surface area contributed by atoms with Crippen LogP contribution in [0.15, 0.2) is 30.3 Å². The van der Waals surface area contributed by atoms with Crippen LogP contribution in [0.5, 0.6) is 0 Å². The van der Waals surface area contributed by atoms with Gasteiger partial charge in [-0.25, -0.2) is 18.4 Å². The summed E-state index contributed by atoms with van der Waals surface area (Å²) in [6.45, 7) is 5.75. The molecule has 3 aromatic heterocycles. The van der Waals surface area contributed by atoms with E-state index in [4.69, 9.17) is 19.7 Å². The number of carbonyl (C=O) groups excluding carboxylic acids is 1. The predicted molar refractivity (Wildman–Crippen MR) is 149 cm³/mol. The van der Waals surface area contributed by atoms with Crippen molar-refractivity contribution in [3.05, 3.63) is 41.0 Å². The summed E-state index contributed by atoms with van der Waals surface area (Å²) >= 11 is 1.59. The first-order chi connectivity index (χ1) is 18.9. The van der Waals surface area contributed by atoms with Crippen LogP contribution < -0.4 is 4.90 Å². The zero-order valence-electron chi connectivity index (χ0n) is 21.6. The third-order valence-electron chi connectivity index (χ3n) is 7.57. The molecule has 204 valence electrons. The molecule has 39 heavy (non-hydrogen) atoms. The number of rotatable bonds is 6. The fourth-order valence-corrected chi connectivity index (χ4v) is 8.26. The van der Waals surface area contributed by atoms with Crippen molar-refractivity contribution in [1.29, 1.82) is 0 Å². The minimum Gasteiger partial charge on any atom is -0.378 e. The molecule has 1 aromatic carbocycles. The summed E-state index contributed by atoms with van der Waals surface area (Å²) in [6.07, 6.45) is 1.39. The van der Waals surface area contributed by atoms with Crippen LogP contribution in [0.1, 0.15) is 23.5 Å². The predicted octanol–water partition coefficient (Wildman–Crippen LogP) is 2.31. The van der Waals surface area contributed by atoms with E-state index in [-0.39, 0.29) is 17.7 Å². The van der Waals surface area contributed by atoms with E-state index in [1.54, 1.807) is 16.2 Å². The number of carbonyl (C=O) groups is 1. The SMILES string of the molecule is Cc1nc2ccccc2n1-c1nc(N2CCOCC2)c2sc(CN3CCN(S(=O)(=O)C4CC4)CC3=O)cc2n1. The summed E-state index contributed by atoms with van der Waals surface area (Å²) in [4.78, 5) is 32.7. The molecule has 4 aromatic rings. The number of aromatic nitrogens is 4. The zero-order chi connectivity index (χ0) is 26.7. The van der Waals surface area contributed by atoms with Gasteiger partial charge in [-0.05, 0) is 38.0 Å². The van der Waals surface area contributed by atoms with Gasteiger partial charge in [-0.2, -0.15) is 9.29 Å². The highest BCUT2D eigenvalue weighted by Gasteiger charge is 2.42.